The van der Waals surface area contributed by atoms with E-state index >= 15 is 4.39 Å². The molecule has 45 heavy (non-hydrogen) atoms. The lowest BCUT2D eigenvalue weighted by atomic mass is 9.96. The van der Waals surface area contributed by atoms with Crippen LogP contribution in [0.4, 0.5) is 14.6 Å². The number of terminal acetylenes is 1. The number of hydrogen-bond donors (Lipinski definition) is 2. The minimum atomic E-state index is -0.773. The van der Waals surface area contributed by atoms with Gasteiger partial charge in [0.2, 0.25) is 0 Å². The molecule has 0 unspecified atom stereocenters. The Balaban J connectivity index is 1.33. The van der Waals surface area contributed by atoms with Gasteiger partial charge in [-0.1, -0.05) is 12.0 Å². The van der Waals surface area contributed by atoms with Crippen LogP contribution in [0.15, 0.2) is 30.5 Å². The van der Waals surface area contributed by atoms with Crippen molar-refractivity contribution in [1.82, 2.24) is 19.9 Å². The molecule has 3 fully saturated rings. The molecule has 0 spiro atoms. The van der Waals surface area contributed by atoms with Crippen molar-refractivity contribution in [3.05, 3.63) is 47.7 Å². The van der Waals surface area contributed by atoms with Gasteiger partial charge in [-0.05, 0) is 36.4 Å². The van der Waals surface area contributed by atoms with E-state index in [-0.39, 0.29) is 50.9 Å². The Morgan fingerprint density at radius 1 is 1.11 bits per heavy atom. The molecule has 7 rings (SSSR count). The van der Waals surface area contributed by atoms with Crippen LogP contribution in [0.5, 0.6) is 11.8 Å². The lowest BCUT2D eigenvalue weighted by Crippen LogP contribution is -2.41. The zero-order valence-corrected chi connectivity index (χ0v) is 24.8. The smallest absolute Gasteiger partial charge is 0.319 e. The van der Waals surface area contributed by atoms with Crippen molar-refractivity contribution in [2.75, 3.05) is 70.7 Å². The van der Waals surface area contributed by atoms with Crippen molar-refractivity contribution < 1.29 is 28.1 Å². The average Bonchev–Trinajstić information content (AvgIpc) is 3.84. The highest BCUT2D eigenvalue weighted by Crippen LogP contribution is 2.47. The van der Waals surface area contributed by atoms with Gasteiger partial charge in [-0.2, -0.15) is 9.97 Å². The fourth-order valence-corrected chi connectivity index (χ4v) is 6.27. The summed E-state index contributed by atoms with van der Waals surface area (Å²) in [5.41, 5.74) is 6.19. The number of nitrogens with zero attached hydrogens (tertiary/aromatic N) is 5. The van der Waals surface area contributed by atoms with E-state index in [2.05, 4.69) is 20.8 Å². The maximum Gasteiger partial charge on any atom is 0.319 e. The number of anilines is 1. The minimum absolute atomic E-state index is 0.0211. The molecule has 2 aromatic carbocycles. The molecule has 4 heterocycles. The Morgan fingerprint density at radius 2 is 1.91 bits per heavy atom. The maximum absolute atomic E-state index is 16.7. The number of phenolic OH excluding ortho intramolecular Hbond substituents is 1. The van der Waals surface area contributed by atoms with Gasteiger partial charge in [0.1, 0.15) is 28.6 Å². The molecular weight excluding hydrogens is 582 g/mol. The van der Waals surface area contributed by atoms with E-state index in [0.717, 1.165) is 45.7 Å². The Morgan fingerprint density at radius 3 is 2.69 bits per heavy atom. The molecule has 12 heteroatoms. The van der Waals surface area contributed by atoms with Crippen molar-refractivity contribution in [2.24, 2.45) is 11.1 Å². The van der Waals surface area contributed by atoms with Crippen LogP contribution in [0.2, 0.25) is 0 Å². The standard InChI is InChI=1S/C33H34F2N6O4/c1-2-23-26(34)4-3-20-13-22(42)14-24(27(20)23)29-28(35)30-25(15-37-29)31(41-9-12-44-17-21(36)16-41)39-32(38-30)45-19-33(5-6-33)18-40-7-10-43-11-8-40/h1,3-4,13-15,21,42H,5-12,16-19,36H2/t21-/m0/s1. The number of aromatic hydroxyl groups is 1. The maximum atomic E-state index is 16.7. The molecule has 10 nitrogen and oxygen atoms in total. The molecule has 1 aliphatic carbocycles. The van der Waals surface area contributed by atoms with E-state index in [9.17, 15) is 9.50 Å². The molecular formula is C33H34F2N6O4. The van der Waals surface area contributed by atoms with E-state index in [1.807, 2.05) is 4.90 Å². The quantitative estimate of drug-likeness (QED) is 0.299. The Labute approximate surface area is 259 Å². The molecule has 0 amide bonds. The third kappa shape index (κ3) is 5.84. The highest BCUT2D eigenvalue weighted by atomic mass is 19.1. The molecule has 0 radical (unpaired) electrons. The number of rotatable bonds is 7. The second-order valence-electron chi connectivity index (χ2n) is 12.1. The lowest BCUT2D eigenvalue weighted by Gasteiger charge is -2.30. The second kappa shape index (κ2) is 12.0. The third-order valence-electron chi connectivity index (χ3n) is 8.81. The topological polar surface area (TPSA) is 119 Å². The van der Waals surface area contributed by atoms with Gasteiger partial charge in [-0.15, -0.1) is 6.42 Å². The van der Waals surface area contributed by atoms with Crippen LogP contribution in [-0.4, -0.2) is 96.8 Å². The number of morpholine rings is 1. The Kier molecular flexibility index (Phi) is 7.87. The predicted molar refractivity (Wildman–Crippen MR) is 165 cm³/mol. The minimum Gasteiger partial charge on any atom is -0.508 e. The number of fused-ring (bicyclic) bond motifs is 2. The molecule has 3 aliphatic rings. The SMILES string of the molecule is C#Cc1c(F)ccc2cc(O)cc(-c3ncc4c(N5CCOC[C@@H](N)C5)nc(OCC5(CN6CCOCC6)CC5)nc4c3F)c12. The molecule has 234 valence electrons. The van der Waals surface area contributed by atoms with Gasteiger partial charge in [0.25, 0.3) is 0 Å². The van der Waals surface area contributed by atoms with Gasteiger partial charge in [-0.3, -0.25) is 9.88 Å². The fraction of sp³-hybridized carbons (Fsp3) is 0.424. The molecule has 0 bridgehead atoms. The summed E-state index contributed by atoms with van der Waals surface area (Å²) < 4.78 is 48.9. The van der Waals surface area contributed by atoms with E-state index in [4.69, 9.17) is 31.4 Å². The zero-order valence-electron chi connectivity index (χ0n) is 24.8. The monoisotopic (exact) mass is 616 g/mol. The summed E-state index contributed by atoms with van der Waals surface area (Å²) in [5, 5.41) is 11.6. The summed E-state index contributed by atoms with van der Waals surface area (Å²) in [5.74, 6) is 1.25. The van der Waals surface area contributed by atoms with Gasteiger partial charge in [-0.25, -0.2) is 8.78 Å². The molecule has 2 aromatic heterocycles. The average molecular weight is 617 g/mol. The van der Waals surface area contributed by atoms with Gasteiger partial charge < -0.3 is 30.0 Å². The highest BCUT2D eigenvalue weighted by Gasteiger charge is 2.45. The molecule has 1 atom stereocenters. The molecule has 1 saturated carbocycles. The van der Waals surface area contributed by atoms with E-state index in [1.54, 1.807) is 0 Å². The first-order valence-electron chi connectivity index (χ1n) is 15.1. The number of benzene rings is 2. The number of ether oxygens (including phenoxy) is 3. The van der Waals surface area contributed by atoms with E-state index < -0.39 is 11.6 Å². The number of pyridine rings is 1. The largest absolute Gasteiger partial charge is 0.508 e. The van der Waals surface area contributed by atoms with E-state index in [1.165, 1.54) is 30.5 Å². The van der Waals surface area contributed by atoms with Crippen molar-refractivity contribution >= 4 is 27.5 Å². The number of aromatic nitrogens is 3. The third-order valence-corrected chi connectivity index (χ3v) is 8.81. The number of hydrogen-bond acceptors (Lipinski definition) is 10. The number of halogens is 2. The van der Waals surface area contributed by atoms with Crippen LogP contribution in [-0.2, 0) is 9.47 Å². The first kappa shape index (κ1) is 29.6. The predicted octanol–water partition coefficient (Wildman–Crippen LogP) is 3.47. The van der Waals surface area contributed by atoms with Crippen LogP contribution in [0.1, 0.15) is 18.4 Å². The van der Waals surface area contributed by atoms with Gasteiger partial charge in [0.05, 0.1) is 44.0 Å². The van der Waals surface area contributed by atoms with Crippen LogP contribution < -0.4 is 15.4 Å². The highest BCUT2D eigenvalue weighted by molar-refractivity contribution is 6.03. The van der Waals surface area contributed by atoms with Crippen LogP contribution in [0, 0.1) is 29.4 Å². The first-order valence-corrected chi connectivity index (χ1v) is 15.1. The number of phenols is 1. The van der Waals surface area contributed by atoms with Crippen LogP contribution in [0.25, 0.3) is 32.9 Å². The summed E-state index contributed by atoms with van der Waals surface area (Å²) in [6.07, 6.45) is 9.19. The molecule has 2 saturated heterocycles. The summed E-state index contributed by atoms with van der Waals surface area (Å²) >= 11 is 0. The van der Waals surface area contributed by atoms with Gasteiger partial charge in [0.15, 0.2) is 5.82 Å². The van der Waals surface area contributed by atoms with Crippen LogP contribution in [0.3, 0.4) is 0 Å². The molecule has 4 aromatic rings. The normalized spacial score (nSPS) is 20.2. The summed E-state index contributed by atoms with van der Waals surface area (Å²) in [4.78, 5) is 18.1. The van der Waals surface area contributed by atoms with Crippen molar-refractivity contribution in [2.45, 2.75) is 18.9 Å². The summed E-state index contributed by atoms with van der Waals surface area (Å²) in [7, 11) is 0. The fourth-order valence-electron chi connectivity index (χ4n) is 6.27. The van der Waals surface area contributed by atoms with Gasteiger partial charge in [0, 0.05) is 61.3 Å². The van der Waals surface area contributed by atoms with Crippen molar-refractivity contribution in [3.63, 3.8) is 0 Å². The Bertz CT molecular complexity index is 1800. The molecule has 3 N–H and O–H groups in total. The Hall–Kier alpha value is -4.15. The zero-order chi connectivity index (χ0) is 31.1. The first-order chi connectivity index (χ1) is 21.8. The van der Waals surface area contributed by atoms with Crippen molar-refractivity contribution in [3.8, 4) is 35.4 Å². The summed E-state index contributed by atoms with van der Waals surface area (Å²) in [6.45, 7) is 6.19. The molecule has 2 aliphatic heterocycles. The summed E-state index contributed by atoms with van der Waals surface area (Å²) in [6, 6.07) is 5.23. The number of nitrogens with two attached hydrogens (primary N) is 1. The van der Waals surface area contributed by atoms with E-state index in [0.29, 0.717) is 49.5 Å². The van der Waals surface area contributed by atoms with Crippen LogP contribution >= 0.6 is 0 Å². The lowest BCUT2D eigenvalue weighted by molar-refractivity contribution is 0.0231. The van der Waals surface area contributed by atoms with Crippen molar-refractivity contribution in [1.29, 1.82) is 0 Å². The van der Waals surface area contributed by atoms with Gasteiger partial charge >= 0.3 is 6.01 Å². The second-order valence-corrected chi connectivity index (χ2v) is 12.1.